The zero-order chi connectivity index (χ0) is 16.9. The third-order valence-corrected chi connectivity index (χ3v) is 4.00. The molecule has 0 aliphatic heterocycles. The summed E-state index contributed by atoms with van der Waals surface area (Å²) in [5.74, 6) is 1.05. The van der Waals surface area contributed by atoms with Crippen LogP contribution in [0.1, 0.15) is 52.9 Å². The number of pyridine rings is 1. The predicted molar refractivity (Wildman–Crippen MR) is 93.2 cm³/mol. The number of Topliss-reactive ketones (excluding diaryl/α,β-unsaturated/α-hetero) is 1. The Labute approximate surface area is 136 Å². The topological polar surface area (TPSA) is 93.8 Å². The molecule has 2 aromatic heterocycles. The van der Waals surface area contributed by atoms with Gasteiger partial charge in [0.2, 0.25) is 5.95 Å². The molecule has 23 heavy (non-hydrogen) atoms. The number of nitrogen functional groups attached to an aromatic ring is 1. The lowest BCUT2D eigenvalue weighted by molar-refractivity contribution is -0.117. The molecule has 3 N–H and O–H groups in total. The molecule has 6 nitrogen and oxygen atoms in total. The molecular formula is C17H25N5O. The number of nitrogens with two attached hydrogens (primary N) is 1. The summed E-state index contributed by atoms with van der Waals surface area (Å²) in [5.41, 5.74) is 7.01. The SMILES string of the molecule is CCCC[C@@](C)(CCC(C)=O)Nc1nc(N)nc2cccnc12. The van der Waals surface area contributed by atoms with Crippen molar-refractivity contribution in [1.82, 2.24) is 15.0 Å². The minimum atomic E-state index is -0.229. The van der Waals surface area contributed by atoms with Crippen LogP contribution in [-0.2, 0) is 4.79 Å². The van der Waals surface area contributed by atoms with Gasteiger partial charge in [0.25, 0.3) is 0 Å². The van der Waals surface area contributed by atoms with Crippen molar-refractivity contribution in [3.63, 3.8) is 0 Å². The minimum Gasteiger partial charge on any atom is -0.368 e. The Bertz CT molecular complexity index is 688. The van der Waals surface area contributed by atoms with Crippen LogP contribution in [-0.4, -0.2) is 26.3 Å². The van der Waals surface area contributed by atoms with Gasteiger partial charge >= 0.3 is 0 Å². The highest BCUT2D eigenvalue weighted by atomic mass is 16.1. The maximum Gasteiger partial charge on any atom is 0.222 e. The summed E-state index contributed by atoms with van der Waals surface area (Å²) in [5, 5.41) is 3.48. The van der Waals surface area contributed by atoms with Gasteiger partial charge in [0.1, 0.15) is 11.3 Å². The van der Waals surface area contributed by atoms with Crippen molar-refractivity contribution in [2.75, 3.05) is 11.1 Å². The zero-order valence-electron chi connectivity index (χ0n) is 14.1. The van der Waals surface area contributed by atoms with E-state index in [0.29, 0.717) is 23.3 Å². The number of hydrogen-bond acceptors (Lipinski definition) is 6. The number of aromatic nitrogens is 3. The van der Waals surface area contributed by atoms with Gasteiger partial charge in [0.15, 0.2) is 5.82 Å². The predicted octanol–water partition coefficient (Wildman–Crippen LogP) is 3.34. The lowest BCUT2D eigenvalue weighted by Crippen LogP contribution is -2.36. The lowest BCUT2D eigenvalue weighted by atomic mass is 9.89. The van der Waals surface area contributed by atoms with Crippen LogP contribution in [0.3, 0.4) is 0 Å². The van der Waals surface area contributed by atoms with Crippen molar-refractivity contribution >= 4 is 28.6 Å². The number of carbonyl (C=O) groups is 1. The molecule has 2 aromatic rings. The van der Waals surface area contributed by atoms with E-state index < -0.39 is 0 Å². The third-order valence-electron chi connectivity index (χ3n) is 4.00. The normalized spacial score (nSPS) is 13.7. The van der Waals surface area contributed by atoms with Crippen LogP contribution in [0, 0.1) is 0 Å². The molecule has 0 aliphatic rings. The fourth-order valence-corrected chi connectivity index (χ4v) is 2.63. The number of carbonyl (C=O) groups excluding carboxylic acids is 1. The van der Waals surface area contributed by atoms with Crippen LogP contribution in [0.4, 0.5) is 11.8 Å². The second kappa shape index (κ2) is 7.35. The molecule has 0 bridgehead atoms. The van der Waals surface area contributed by atoms with E-state index in [4.69, 9.17) is 5.73 Å². The highest BCUT2D eigenvalue weighted by molar-refractivity contribution is 5.86. The Morgan fingerprint density at radius 1 is 1.35 bits per heavy atom. The van der Waals surface area contributed by atoms with E-state index in [1.165, 1.54) is 0 Å². The molecule has 0 saturated carbocycles. The van der Waals surface area contributed by atoms with Crippen molar-refractivity contribution in [2.45, 2.75) is 58.4 Å². The van der Waals surface area contributed by atoms with E-state index in [1.807, 2.05) is 12.1 Å². The Morgan fingerprint density at radius 3 is 2.83 bits per heavy atom. The summed E-state index contributed by atoms with van der Waals surface area (Å²) in [6.07, 6.45) is 6.14. The lowest BCUT2D eigenvalue weighted by Gasteiger charge is -2.31. The summed E-state index contributed by atoms with van der Waals surface area (Å²) in [6, 6.07) is 3.69. The number of fused-ring (bicyclic) bond motifs is 1. The van der Waals surface area contributed by atoms with Crippen LogP contribution in [0.25, 0.3) is 11.0 Å². The monoisotopic (exact) mass is 315 g/mol. The van der Waals surface area contributed by atoms with Crippen molar-refractivity contribution in [3.05, 3.63) is 18.3 Å². The number of unbranched alkanes of at least 4 members (excludes halogenated alkanes) is 1. The second-order valence-electron chi connectivity index (χ2n) is 6.29. The maximum atomic E-state index is 11.4. The van der Waals surface area contributed by atoms with Gasteiger partial charge in [0, 0.05) is 18.2 Å². The Kier molecular flexibility index (Phi) is 5.47. The molecule has 0 aromatic carbocycles. The van der Waals surface area contributed by atoms with Crippen LogP contribution in [0.2, 0.25) is 0 Å². The standard InChI is InChI=1S/C17H25N5O/c1-4-5-9-17(3,10-8-12(2)23)22-15-14-13(7-6-11-19-14)20-16(18)21-15/h6-7,11H,4-5,8-10H2,1-3H3,(H3,18,20,21,22)/t17-/m0/s1. The van der Waals surface area contributed by atoms with Gasteiger partial charge in [-0.25, -0.2) is 4.98 Å². The summed E-state index contributed by atoms with van der Waals surface area (Å²) in [6.45, 7) is 5.91. The van der Waals surface area contributed by atoms with E-state index in [0.717, 1.165) is 25.7 Å². The first-order chi connectivity index (χ1) is 10.9. The van der Waals surface area contributed by atoms with E-state index >= 15 is 0 Å². The van der Waals surface area contributed by atoms with Gasteiger partial charge in [-0.15, -0.1) is 0 Å². The first-order valence-corrected chi connectivity index (χ1v) is 8.09. The first kappa shape index (κ1) is 17.1. The molecule has 0 aliphatic carbocycles. The summed E-state index contributed by atoms with van der Waals surface area (Å²) in [7, 11) is 0. The van der Waals surface area contributed by atoms with Gasteiger partial charge in [-0.3, -0.25) is 4.98 Å². The highest BCUT2D eigenvalue weighted by Gasteiger charge is 2.25. The number of rotatable bonds is 8. The fourth-order valence-electron chi connectivity index (χ4n) is 2.63. The highest BCUT2D eigenvalue weighted by Crippen LogP contribution is 2.28. The number of ketones is 1. The quantitative estimate of drug-likeness (QED) is 0.776. The van der Waals surface area contributed by atoms with Gasteiger partial charge in [-0.05, 0) is 38.8 Å². The molecule has 6 heteroatoms. The molecular weight excluding hydrogens is 290 g/mol. The van der Waals surface area contributed by atoms with Crippen LogP contribution in [0.15, 0.2) is 18.3 Å². The molecule has 0 radical (unpaired) electrons. The van der Waals surface area contributed by atoms with Gasteiger partial charge in [-0.1, -0.05) is 19.8 Å². The zero-order valence-corrected chi connectivity index (χ0v) is 14.1. The van der Waals surface area contributed by atoms with Crippen molar-refractivity contribution in [3.8, 4) is 0 Å². The number of anilines is 2. The molecule has 2 rings (SSSR count). The summed E-state index contributed by atoms with van der Waals surface area (Å²) < 4.78 is 0. The van der Waals surface area contributed by atoms with E-state index in [2.05, 4.69) is 34.1 Å². The van der Waals surface area contributed by atoms with Gasteiger partial charge in [-0.2, -0.15) is 4.98 Å². The average molecular weight is 315 g/mol. The Hall–Kier alpha value is -2.24. The van der Waals surface area contributed by atoms with E-state index in [-0.39, 0.29) is 17.3 Å². The fraction of sp³-hybridized carbons (Fsp3) is 0.529. The number of nitrogens with zero attached hydrogens (tertiary/aromatic N) is 3. The van der Waals surface area contributed by atoms with E-state index in [1.54, 1.807) is 13.1 Å². The summed E-state index contributed by atoms with van der Waals surface area (Å²) in [4.78, 5) is 24.3. The molecule has 124 valence electrons. The van der Waals surface area contributed by atoms with Crippen molar-refractivity contribution < 1.29 is 4.79 Å². The van der Waals surface area contributed by atoms with Crippen LogP contribution in [0.5, 0.6) is 0 Å². The second-order valence-corrected chi connectivity index (χ2v) is 6.29. The Balaban J connectivity index is 2.33. The van der Waals surface area contributed by atoms with Gasteiger partial charge in [0.05, 0.1) is 5.52 Å². The minimum absolute atomic E-state index is 0.194. The van der Waals surface area contributed by atoms with Crippen LogP contribution >= 0.6 is 0 Å². The number of nitrogens with one attached hydrogen (secondary N) is 1. The molecule has 0 spiro atoms. The maximum absolute atomic E-state index is 11.4. The summed E-state index contributed by atoms with van der Waals surface area (Å²) >= 11 is 0. The molecule has 0 unspecified atom stereocenters. The van der Waals surface area contributed by atoms with Crippen molar-refractivity contribution in [1.29, 1.82) is 0 Å². The molecule has 0 fully saturated rings. The number of hydrogen-bond donors (Lipinski definition) is 2. The average Bonchev–Trinajstić information content (AvgIpc) is 2.51. The largest absolute Gasteiger partial charge is 0.368 e. The van der Waals surface area contributed by atoms with Gasteiger partial charge < -0.3 is 15.8 Å². The first-order valence-electron chi connectivity index (χ1n) is 8.09. The van der Waals surface area contributed by atoms with E-state index in [9.17, 15) is 4.79 Å². The molecule has 1 atom stereocenters. The molecule has 2 heterocycles. The van der Waals surface area contributed by atoms with Crippen LogP contribution < -0.4 is 11.1 Å². The molecule has 0 amide bonds. The van der Waals surface area contributed by atoms with Crippen molar-refractivity contribution in [2.24, 2.45) is 0 Å². The Morgan fingerprint density at radius 2 is 2.13 bits per heavy atom. The molecule has 0 saturated heterocycles. The smallest absolute Gasteiger partial charge is 0.222 e. The third kappa shape index (κ3) is 4.61.